The van der Waals surface area contributed by atoms with E-state index in [1.807, 2.05) is 6.92 Å². The first kappa shape index (κ1) is 10.8. The van der Waals surface area contributed by atoms with Crippen LogP contribution >= 0.6 is 0 Å². The molecule has 0 saturated carbocycles. The third-order valence-electron chi connectivity index (χ3n) is 2.38. The summed E-state index contributed by atoms with van der Waals surface area (Å²) in [4.78, 5) is 2.35. The van der Waals surface area contributed by atoms with Crippen LogP contribution in [0.2, 0.25) is 0 Å². The largest absolute Gasteiger partial charge is 0.372 e. The predicted octanol–water partition coefficient (Wildman–Crippen LogP) is 3.57. The summed E-state index contributed by atoms with van der Waals surface area (Å²) < 4.78 is 0. The van der Waals surface area contributed by atoms with Gasteiger partial charge in [0.15, 0.2) is 0 Å². The zero-order valence-electron chi connectivity index (χ0n) is 9.33. The molecule has 1 rings (SSSR count). The maximum Gasteiger partial charge on any atom is 0.0366 e. The van der Waals surface area contributed by atoms with Gasteiger partial charge in [0.2, 0.25) is 0 Å². The van der Waals surface area contributed by atoms with E-state index in [-0.39, 0.29) is 0 Å². The quantitative estimate of drug-likeness (QED) is 0.700. The van der Waals surface area contributed by atoms with Crippen LogP contribution in [0, 0.1) is 0 Å². The summed E-state index contributed by atoms with van der Waals surface area (Å²) in [5.41, 5.74) is 2.58. The lowest BCUT2D eigenvalue weighted by atomic mass is 10.2. The SMILES string of the molecule is C/C=C/c1ccc(N(CC)CC)cc1. The van der Waals surface area contributed by atoms with Gasteiger partial charge < -0.3 is 4.90 Å². The Kier molecular flexibility index (Phi) is 4.24. The van der Waals surface area contributed by atoms with E-state index in [0.29, 0.717) is 0 Å². The highest BCUT2D eigenvalue weighted by Gasteiger charge is 1.99. The number of rotatable bonds is 4. The second-order valence-electron chi connectivity index (χ2n) is 3.26. The Morgan fingerprint density at radius 2 is 1.64 bits per heavy atom. The van der Waals surface area contributed by atoms with Gasteiger partial charge in [-0.15, -0.1) is 0 Å². The fourth-order valence-corrected chi connectivity index (χ4v) is 1.58. The van der Waals surface area contributed by atoms with Crippen molar-refractivity contribution < 1.29 is 0 Å². The molecule has 1 aromatic rings. The van der Waals surface area contributed by atoms with Crippen molar-refractivity contribution in [1.29, 1.82) is 0 Å². The molecule has 0 unspecified atom stereocenters. The highest BCUT2D eigenvalue weighted by Crippen LogP contribution is 2.15. The topological polar surface area (TPSA) is 3.24 Å². The Hall–Kier alpha value is -1.24. The molecule has 0 aliphatic carbocycles. The number of anilines is 1. The molecule has 0 fully saturated rings. The van der Waals surface area contributed by atoms with Gasteiger partial charge in [0.25, 0.3) is 0 Å². The molecule has 1 aromatic carbocycles. The summed E-state index contributed by atoms with van der Waals surface area (Å²) in [7, 11) is 0. The molecule has 0 aliphatic heterocycles. The molecular formula is C13H19N. The highest BCUT2D eigenvalue weighted by molar-refractivity contribution is 5.55. The molecule has 76 valence electrons. The van der Waals surface area contributed by atoms with Crippen LogP contribution in [0.5, 0.6) is 0 Å². The van der Waals surface area contributed by atoms with E-state index in [2.05, 4.69) is 55.2 Å². The molecule has 0 heterocycles. The monoisotopic (exact) mass is 189 g/mol. The van der Waals surface area contributed by atoms with Gasteiger partial charge >= 0.3 is 0 Å². The van der Waals surface area contributed by atoms with Crippen LogP contribution in [0.25, 0.3) is 6.08 Å². The molecule has 0 aromatic heterocycles. The van der Waals surface area contributed by atoms with Gasteiger partial charge in [-0.1, -0.05) is 24.3 Å². The maximum absolute atomic E-state index is 2.35. The van der Waals surface area contributed by atoms with Crippen LogP contribution in [-0.2, 0) is 0 Å². The summed E-state index contributed by atoms with van der Waals surface area (Å²) in [5, 5.41) is 0. The van der Waals surface area contributed by atoms with Gasteiger partial charge in [-0.2, -0.15) is 0 Å². The van der Waals surface area contributed by atoms with Gasteiger partial charge in [0.1, 0.15) is 0 Å². The second-order valence-corrected chi connectivity index (χ2v) is 3.26. The van der Waals surface area contributed by atoms with Gasteiger partial charge in [-0.25, -0.2) is 0 Å². The number of benzene rings is 1. The fraction of sp³-hybridized carbons (Fsp3) is 0.385. The number of allylic oxidation sites excluding steroid dienone is 1. The third kappa shape index (κ3) is 2.63. The van der Waals surface area contributed by atoms with Crippen LogP contribution < -0.4 is 4.90 Å². The van der Waals surface area contributed by atoms with Gasteiger partial charge in [0, 0.05) is 18.8 Å². The lowest BCUT2D eigenvalue weighted by Gasteiger charge is -2.20. The predicted molar refractivity (Wildman–Crippen MR) is 64.7 cm³/mol. The Labute approximate surface area is 87.1 Å². The molecule has 0 aliphatic rings. The molecule has 0 bridgehead atoms. The average Bonchev–Trinajstić information content (AvgIpc) is 2.23. The van der Waals surface area contributed by atoms with Crippen LogP contribution in [0.15, 0.2) is 30.3 Å². The maximum atomic E-state index is 2.35. The van der Waals surface area contributed by atoms with E-state index in [4.69, 9.17) is 0 Å². The van der Waals surface area contributed by atoms with E-state index in [0.717, 1.165) is 13.1 Å². The van der Waals surface area contributed by atoms with Crippen LogP contribution in [0.3, 0.4) is 0 Å². The fourth-order valence-electron chi connectivity index (χ4n) is 1.58. The first-order chi connectivity index (χ1) is 6.81. The van der Waals surface area contributed by atoms with Crippen molar-refractivity contribution in [3.8, 4) is 0 Å². The molecule has 1 heteroatoms. The lowest BCUT2D eigenvalue weighted by molar-refractivity contribution is 0.866. The van der Waals surface area contributed by atoms with Crippen LogP contribution in [-0.4, -0.2) is 13.1 Å². The summed E-state index contributed by atoms with van der Waals surface area (Å²) in [5.74, 6) is 0. The molecule has 1 nitrogen and oxygen atoms in total. The summed E-state index contributed by atoms with van der Waals surface area (Å²) in [6, 6.07) is 8.69. The Bertz CT molecular complexity index is 281. The number of hydrogen-bond donors (Lipinski definition) is 0. The van der Waals surface area contributed by atoms with Crippen molar-refractivity contribution in [2.24, 2.45) is 0 Å². The normalized spacial score (nSPS) is 10.8. The third-order valence-corrected chi connectivity index (χ3v) is 2.38. The molecule has 0 radical (unpaired) electrons. The second kappa shape index (κ2) is 5.48. The Morgan fingerprint density at radius 1 is 1.07 bits per heavy atom. The molecule has 0 N–H and O–H groups in total. The van der Waals surface area contributed by atoms with E-state index in [1.165, 1.54) is 11.3 Å². The van der Waals surface area contributed by atoms with E-state index in [9.17, 15) is 0 Å². The van der Waals surface area contributed by atoms with Crippen molar-refractivity contribution in [1.82, 2.24) is 0 Å². The standard InChI is InChI=1S/C13H19N/c1-4-7-12-8-10-13(11-9-12)14(5-2)6-3/h4,7-11H,5-6H2,1-3H3/b7-4+. The number of hydrogen-bond acceptors (Lipinski definition) is 1. The molecule has 14 heavy (non-hydrogen) atoms. The van der Waals surface area contributed by atoms with Crippen molar-refractivity contribution >= 4 is 11.8 Å². The van der Waals surface area contributed by atoms with Gasteiger partial charge in [-0.3, -0.25) is 0 Å². The first-order valence-corrected chi connectivity index (χ1v) is 5.29. The highest BCUT2D eigenvalue weighted by atomic mass is 15.1. The molecule has 0 spiro atoms. The minimum Gasteiger partial charge on any atom is -0.372 e. The average molecular weight is 189 g/mol. The lowest BCUT2D eigenvalue weighted by Crippen LogP contribution is -2.21. The van der Waals surface area contributed by atoms with Gasteiger partial charge in [0.05, 0.1) is 0 Å². The summed E-state index contributed by atoms with van der Waals surface area (Å²) in [6.07, 6.45) is 4.18. The number of nitrogens with zero attached hydrogens (tertiary/aromatic N) is 1. The van der Waals surface area contributed by atoms with Crippen molar-refractivity contribution in [2.45, 2.75) is 20.8 Å². The van der Waals surface area contributed by atoms with Crippen LogP contribution in [0.4, 0.5) is 5.69 Å². The minimum absolute atomic E-state index is 1.07. The molecule has 0 atom stereocenters. The van der Waals surface area contributed by atoms with Gasteiger partial charge in [-0.05, 0) is 38.5 Å². The van der Waals surface area contributed by atoms with Crippen LogP contribution in [0.1, 0.15) is 26.3 Å². The first-order valence-electron chi connectivity index (χ1n) is 5.29. The Balaban J connectivity index is 2.81. The molecular weight excluding hydrogens is 170 g/mol. The molecule has 0 saturated heterocycles. The smallest absolute Gasteiger partial charge is 0.0366 e. The van der Waals surface area contributed by atoms with Crippen molar-refractivity contribution in [3.05, 3.63) is 35.9 Å². The zero-order chi connectivity index (χ0) is 10.4. The Morgan fingerprint density at radius 3 is 2.07 bits per heavy atom. The van der Waals surface area contributed by atoms with Crippen molar-refractivity contribution in [2.75, 3.05) is 18.0 Å². The van der Waals surface area contributed by atoms with Crippen molar-refractivity contribution in [3.63, 3.8) is 0 Å². The van der Waals surface area contributed by atoms with E-state index < -0.39 is 0 Å². The van der Waals surface area contributed by atoms with E-state index >= 15 is 0 Å². The summed E-state index contributed by atoms with van der Waals surface area (Å²) in [6.45, 7) is 8.55. The molecule has 0 amide bonds. The zero-order valence-corrected chi connectivity index (χ0v) is 9.33. The minimum atomic E-state index is 1.07. The summed E-state index contributed by atoms with van der Waals surface area (Å²) >= 11 is 0. The van der Waals surface area contributed by atoms with E-state index in [1.54, 1.807) is 0 Å².